The summed E-state index contributed by atoms with van der Waals surface area (Å²) in [5.41, 5.74) is 1.71. The third-order valence-electron chi connectivity index (χ3n) is 6.55. The molecule has 0 aliphatic heterocycles. The number of aryl methyl sites for hydroxylation is 1. The van der Waals surface area contributed by atoms with Gasteiger partial charge in [0.1, 0.15) is 5.83 Å². The first-order valence-electron chi connectivity index (χ1n) is 13.5. The van der Waals surface area contributed by atoms with Crippen molar-refractivity contribution in [2.75, 3.05) is 0 Å². The number of unbranched alkanes of at least 4 members (excludes halogenated alkanes) is 12. The van der Waals surface area contributed by atoms with Crippen LogP contribution in [-0.4, -0.2) is 0 Å². The van der Waals surface area contributed by atoms with Crippen LogP contribution in [0.4, 0.5) is 13.2 Å². The quantitative estimate of drug-likeness (QED) is 0.201. The Labute approximate surface area is 205 Å². The van der Waals surface area contributed by atoms with Crippen LogP contribution in [0.25, 0.3) is 17.0 Å². The monoisotopic (exact) mass is 472 g/mol. The average Bonchev–Trinajstić information content (AvgIpc) is 2.85. The molecule has 0 saturated carbocycles. The lowest BCUT2D eigenvalue weighted by molar-refractivity contribution is 0.505. The predicted octanol–water partition coefficient (Wildman–Crippen LogP) is 11.0. The molecule has 0 aliphatic rings. The zero-order valence-corrected chi connectivity index (χ0v) is 21.3. The standard InChI is InChI=1S/C31H43F3/c1-3-5-7-9-11-12-13-15-17-25-19-21-26(22-20-25)27-23-24-28(31(34)30(27)33)29(32)18-16-14-10-8-6-4-2/h18-24H,3-17H2,1-2H3. The molecule has 2 aromatic carbocycles. The Morgan fingerprint density at radius 2 is 1.21 bits per heavy atom. The van der Waals surface area contributed by atoms with E-state index in [0.29, 0.717) is 12.0 Å². The summed E-state index contributed by atoms with van der Waals surface area (Å²) in [6.45, 7) is 4.38. The fraction of sp³-hybridized carbons (Fsp3) is 0.548. The van der Waals surface area contributed by atoms with Crippen molar-refractivity contribution in [2.24, 2.45) is 0 Å². The molecule has 0 spiro atoms. The minimum Gasteiger partial charge on any atom is -0.207 e. The maximum absolute atomic E-state index is 14.8. The molecule has 0 bridgehead atoms. The third kappa shape index (κ3) is 9.68. The molecule has 2 rings (SSSR count). The van der Waals surface area contributed by atoms with E-state index in [9.17, 15) is 13.2 Å². The maximum Gasteiger partial charge on any atom is 0.169 e. The molecule has 0 saturated heterocycles. The van der Waals surface area contributed by atoms with Gasteiger partial charge >= 0.3 is 0 Å². The van der Waals surface area contributed by atoms with Crippen LogP contribution in [0.15, 0.2) is 42.5 Å². The van der Waals surface area contributed by atoms with E-state index in [0.717, 1.165) is 38.5 Å². The summed E-state index contributed by atoms with van der Waals surface area (Å²) in [6, 6.07) is 10.5. The lowest BCUT2D eigenvalue weighted by Gasteiger charge is -2.09. The molecule has 2 aromatic rings. The highest BCUT2D eigenvalue weighted by Crippen LogP contribution is 2.30. The first kappa shape index (κ1) is 28.2. The van der Waals surface area contributed by atoms with E-state index in [1.807, 2.05) is 24.3 Å². The molecule has 0 atom stereocenters. The van der Waals surface area contributed by atoms with Crippen LogP contribution in [0.3, 0.4) is 0 Å². The van der Waals surface area contributed by atoms with Crippen LogP contribution in [0.1, 0.15) is 115 Å². The third-order valence-corrected chi connectivity index (χ3v) is 6.55. The van der Waals surface area contributed by atoms with Crippen molar-refractivity contribution in [1.82, 2.24) is 0 Å². The Bertz CT molecular complexity index is 852. The fourth-order valence-electron chi connectivity index (χ4n) is 4.36. The summed E-state index contributed by atoms with van der Waals surface area (Å²) in [5, 5.41) is 0. The number of hydrogen-bond acceptors (Lipinski definition) is 0. The first-order chi connectivity index (χ1) is 16.6. The molecule has 0 amide bonds. The molecule has 3 heteroatoms. The van der Waals surface area contributed by atoms with Crippen LogP contribution in [-0.2, 0) is 6.42 Å². The second-order valence-electron chi connectivity index (χ2n) is 9.47. The predicted molar refractivity (Wildman–Crippen MR) is 141 cm³/mol. The van der Waals surface area contributed by atoms with Crippen molar-refractivity contribution in [3.8, 4) is 11.1 Å². The molecule has 0 unspecified atom stereocenters. The van der Waals surface area contributed by atoms with Gasteiger partial charge in [0.15, 0.2) is 11.6 Å². The highest BCUT2D eigenvalue weighted by atomic mass is 19.2. The van der Waals surface area contributed by atoms with Crippen LogP contribution in [0.5, 0.6) is 0 Å². The molecule has 0 aliphatic carbocycles. The zero-order chi connectivity index (χ0) is 24.6. The summed E-state index contributed by atoms with van der Waals surface area (Å²) >= 11 is 0. The zero-order valence-electron chi connectivity index (χ0n) is 21.3. The normalized spacial score (nSPS) is 11.9. The molecule has 0 nitrogen and oxygen atoms in total. The van der Waals surface area contributed by atoms with Gasteiger partial charge in [0.05, 0.1) is 0 Å². The van der Waals surface area contributed by atoms with Gasteiger partial charge in [0.25, 0.3) is 0 Å². The minimum atomic E-state index is -1.11. The Hall–Kier alpha value is -2.03. The highest BCUT2D eigenvalue weighted by molar-refractivity contribution is 5.69. The van der Waals surface area contributed by atoms with E-state index in [4.69, 9.17) is 0 Å². The second kappa shape index (κ2) is 16.6. The van der Waals surface area contributed by atoms with Gasteiger partial charge in [0, 0.05) is 11.1 Å². The molecule has 34 heavy (non-hydrogen) atoms. The van der Waals surface area contributed by atoms with Crippen LogP contribution < -0.4 is 0 Å². The number of rotatable bonds is 17. The Balaban J connectivity index is 1.88. The largest absolute Gasteiger partial charge is 0.207 e. The lowest BCUT2D eigenvalue weighted by Crippen LogP contribution is -1.96. The van der Waals surface area contributed by atoms with Crippen molar-refractivity contribution >= 4 is 5.83 Å². The van der Waals surface area contributed by atoms with E-state index >= 15 is 0 Å². The molecule has 0 aromatic heterocycles. The summed E-state index contributed by atoms with van der Waals surface area (Å²) < 4.78 is 43.8. The van der Waals surface area contributed by atoms with Gasteiger partial charge in [-0.2, -0.15) is 0 Å². The summed E-state index contributed by atoms with van der Waals surface area (Å²) in [6.07, 6.45) is 18.5. The van der Waals surface area contributed by atoms with Gasteiger partial charge in [-0.05, 0) is 49.0 Å². The van der Waals surface area contributed by atoms with Crippen LogP contribution >= 0.6 is 0 Å². The van der Waals surface area contributed by atoms with Gasteiger partial charge in [-0.1, -0.05) is 115 Å². The summed E-state index contributed by atoms with van der Waals surface area (Å²) in [5.74, 6) is -2.78. The fourth-order valence-corrected chi connectivity index (χ4v) is 4.36. The van der Waals surface area contributed by atoms with Gasteiger partial charge in [-0.3, -0.25) is 0 Å². The first-order valence-corrected chi connectivity index (χ1v) is 13.5. The van der Waals surface area contributed by atoms with Crippen molar-refractivity contribution < 1.29 is 13.2 Å². The van der Waals surface area contributed by atoms with Crippen molar-refractivity contribution in [3.05, 3.63) is 65.2 Å². The molecule has 0 heterocycles. The smallest absolute Gasteiger partial charge is 0.169 e. The topological polar surface area (TPSA) is 0 Å². The lowest BCUT2D eigenvalue weighted by atomic mass is 9.98. The van der Waals surface area contributed by atoms with Gasteiger partial charge in [0.2, 0.25) is 0 Å². The summed E-state index contributed by atoms with van der Waals surface area (Å²) in [4.78, 5) is 0. The highest BCUT2D eigenvalue weighted by Gasteiger charge is 2.17. The SMILES string of the molecule is CCCCCCCC=C(F)c1ccc(-c2ccc(CCCCCCCCCC)cc2)c(F)c1F. The van der Waals surface area contributed by atoms with Crippen LogP contribution in [0.2, 0.25) is 0 Å². The summed E-state index contributed by atoms with van der Waals surface area (Å²) in [7, 11) is 0. The molecular weight excluding hydrogens is 429 g/mol. The Kier molecular flexibility index (Phi) is 13.7. The van der Waals surface area contributed by atoms with Crippen molar-refractivity contribution in [2.45, 2.75) is 110 Å². The van der Waals surface area contributed by atoms with E-state index in [-0.39, 0.29) is 11.1 Å². The van der Waals surface area contributed by atoms with Crippen molar-refractivity contribution in [3.63, 3.8) is 0 Å². The maximum atomic E-state index is 14.8. The molecule has 0 fully saturated rings. The molecular formula is C31H43F3. The van der Waals surface area contributed by atoms with Crippen LogP contribution in [0, 0.1) is 11.6 Å². The van der Waals surface area contributed by atoms with E-state index in [1.54, 1.807) is 0 Å². The van der Waals surface area contributed by atoms with E-state index in [1.165, 1.54) is 75.1 Å². The Morgan fingerprint density at radius 1 is 0.647 bits per heavy atom. The van der Waals surface area contributed by atoms with E-state index < -0.39 is 17.5 Å². The van der Waals surface area contributed by atoms with Gasteiger partial charge < -0.3 is 0 Å². The Morgan fingerprint density at radius 3 is 1.82 bits per heavy atom. The minimum absolute atomic E-state index is 0.173. The van der Waals surface area contributed by atoms with E-state index in [2.05, 4.69) is 13.8 Å². The number of benzene rings is 2. The van der Waals surface area contributed by atoms with Gasteiger partial charge in [-0.15, -0.1) is 0 Å². The molecule has 188 valence electrons. The molecule has 0 radical (unpaired) electrons. The number of halogens is 3. The number of hydrogen-bond donors (Lipinski definition) is 0. The van der Waals surface area contributed by atoms with Crippen molar-refractivity contribution in [1.29, 1.82) is 0 Å². The van der Waals surface area contributed by atoms with Gasteiger partial charge in [-0.25, -0.2) is 13.2 Å². The number of allylic oxidation sites excluding steroid dienone is 1. The average molecular weight is 473 g/mol. The second-order valence-corrected chi connectivity index (χ2v) is 9.47. The molecule has 0 N–H and O–H groups in total.